The molecule has 0 amide bonds. The van der Waals surface area contributed by atoms with E-state index in [2.05, 4.69) is 4.74 Å². The summed E-state index contributed by atoms with van der Waals surface area (Å²) in [6.07, 6.45) is 1.25. The minimum atomic E-state index is -0.474. The van der Waals surface area contributed by atoms with Crippen LogP contribution in [0, 0.1) is 6.92 Å². The molecular weight excluding hydrogens is 372 g/mol. The van der Waals surface area contributed by atoms with Gasteiger partial charge in [0.15, 0.2) is 0 Å². The SMILES string of the molecule is COC(=O)c1cc(COC(=O)c2ccc(C3SCCCS3)cc2)oc1C. The third-order valence-electron chi connectivity index (χ3n) is 3.97. The molecule has 0 saturated carbocycles. The molecule has 2 aromatic rings. The van der Waals surface area contributed by atoms with Crippen LogP contribution < -0.4 is 0 Å². The maximum Gasteiger partial charge on any atom is 0.341 e. The maximum atomic E-state index is 12.2. The Bertz CT molecular complexity index is 776. The quantitative estimate of drug-likeness (QED) is 0.689. The van der Waals surface area contributed by atoms with Crippen LogP contribution in [0.4, 0.5) is 0 Å². The number of esters is 2. The standard InChI is InChI=1S/C19H20O5S2/c1-12-16(18(21)22-2)10-15(24-12)11-23-17(20)13-4-6-14(7-5-13)19-25-8-3-9-26-19/h4-7,10,19H,3,8-9,11H2,1-2H3. The molecule has 0 aliphatic carbocycles. The highest BCUT2D eigenvalue weighted by Crippen LogP contribution is 2.43. The number of rotatable bonds is 5. The minimum absolute atomic E-state index is 0.0350. The molecule has 0 unspecified atom stereocenters. The number of hydrogen-bond acceptors (Lipinski definition) is 7. The van der Waals surface area contributed by atoms with E-state index >= 15 is 0 Å². The minimum Gasteiger partial charge on any atom is -0.465 e. The second-order valence-corrected chi connectivity index (χ2v) is 8.52. The Labute approximate surface area is 160 Å². The second kappa shape index (κ2) is 8.68. The van der Waals surface area contributed by atoms with Crippen molar-refractivity contribution in [2.24, 2.45) is 0 Å². The Morgan fingerprint density at radius 3 is 2.50 bits per heavy atom. The highest BCUT2D eigenvalue weighted by Gasteiger charge is 2.18. The molecule has 0 atom stereocenters. The van der Waals surface area contributed by atoms with Crippen LogP contribution in [0.5, 0.6) is 0 Å². The van der Waals surface area contributed by atoms with Crippen molar-refractivity contribution in [1.82, 2.24) is 0 Å². The zero-order chi connectivity index (χ0) is 18.5. The monoisotopic (exact) mass is 392 g/mol. The summed E-state index contributed by atoms with van der Waals surface area (Å²) in [4.78, 5) is 23.8. The van der Waals surface area contributed by atoms with Gasteiger partial charge in [-0.25, -0.2) is 9.59 Å². The normalized spacial score (nSPS) is 14.8. The maximum absolute atomic E-state index is 12.2. The van der Waals surface area contributed by atoms with Gasteiger partial charge in [-0.2, -0.15) is 0 Å². The fraction of sp³-hybridized carbons (Fsp3) is 0.368. The predicted octanol–water partition coefficient (Wildman–Crippen LogP) is 4.60. The van der Waals surface area contributed by atoms with E-state index < -0.39 is 11.9 Å². The predicted molar refractivity (Wildman–Crippen MR) is 103 cm³/mol. The lowest BCUT2D eigenvalue weighted by atomic mass is 10.1. The summed E-state index contributed by atoms with van der Waals surface area (Å²) >= 11 is 3.88. The molecule has 1 saturated heterocycles. The lowest BCUT2D eigenvalue weighted by Gasteiger charge is -2.21. The van der Waals surface area contributed by atoms with Crippen molar-refractivity contribution < 1.29 is 23.5 Å². The highest BCUT2D eigenvalue weighted by molar-refractivity contribution is 8.16. The number of aryl methyl sites for hydroxylation is 1. The molecule has 1 aliphatic rings. The summed E-state index contributed by atoms with van der Waals surface area (Å²) in [6.45, 7) is 1.63. The highest BCUT2D eigenvalue weighted by atomic mass is 32.2. The first kappa shape index (κ1) is 18.9. The Morgan fingerprint density at radius 1 is 1.15 bits per heavy atom. The summed E-state index contributed by atoms with van der Waals surface area (Å²) < 4.78 is 15.8. The van der Waals surface area contributed by atoms with Gasteiger partial charge < -0.3 is 13.9 Å². The lowest BCUT2D eigenvalue weighted by Crippen LogP contribution is -2.06. The molecular formula is C19H20O5S2. The fourth-order valence-corrected chi connectivity index (χ4v) is 5.50. The number of carbonyl (C=O) groups excluding carboxylic acids is 2. The lowest BCUT2D eigenvalue weighted by molar-refractivity contribution is 0.0444. The topological polar surface area (TPSA) is 65.7 Å². The van der Waals surface area contributed by atoms with Crippen LogP contribution in [-0.4, -0.2) is 30.6 Å². The number of hydrogen-bond donors (Lipinski definition) is 0. The van der Waals surface area contributed by atoms with Crippen molar-refractivity contribution in [2.75, 3.05) is 18.6 Å². The fourth-order valence-electron chi connectivity index (χ4n) is 2.60. The molecule has 0 radical (unpaired) electrons. The number of furan rings is 1. The number of carbonyl (C=O) groups is 2. The van der Waals surface area contributed by atoms with Gasteiger partial charge in [0.2, 0.25) is 0 Å². The van der Waals surface area contributed by atoms with E-state index in [0.717, 1.165) is 0 Å². The molecule has 1 aliphatic heterocycles. The van der Waals surface area contributed by atoms with Crippen molar-refractivity contribution >= 4 is 35.5 Å². The first-order valence-electron chi connectivity index (χ1n) is 8.26. The average molecular weight is 392 g/mol. The first-order valence-corrected chi connectivity index (χ1v) is 10.4. The third-order valence-corrected chi connectivity index (χ3v) is 6.98. The first-order chi connectivity index (χ1) is 12.6. The van der Waals surface area contributed by atoms with E-state index in [0.29, 0.717) is 27.2 Å². The summed E-state index contributed by atoms with van der Waals surface area (Å²) in [5, 5.41) is 0. The van der Waals surface area contributed by atoms with Crippen molar-refractivity contribution in [3.05, 3.63) is 58.5 Å². The van der Waals surface area contributed by atoms with Gasteiger partial charge in [0, 0.05) is 0 Å². The Morgan fingerprint density at radius 2 is 1.85 bits per heavy atom. The molecule has 0 spiro atoms. The average Bonchev–Trinajstić information content (AvgIpc) is 3.07. The number of thioether (sulfide) groups is 2. The molecule has 0 bridgehead atoms. The number of methoxy groups -OCH3 is 1. The van der Waals surface area contributed by atoms with E-state index in [-0.39, 0.29) is 6.61 Å². The van der Waals surface area contributed by atoms with E-state index in [9.17, 15) is 9.59 Å². The van der Waals surface area contributed by atoms with Crippen LogP contribution in [0.25, 0.3) is 0 Å². The van der Waals surface area contributed by atoms with Gasteiger partial charge in [-0.15, -0.1) is 23.5 Å². The van der Waals surface area contributed by atoms with E-state index in [4.69, 9.17) is 9.15 Å². The number of benzene rings is 1. The molecule has 138 valence electrons. The molecule has 3 rings (SSSR count). The van der Waals surface area contributed by atoms with Crippen LogP contribution in [0.15, 0.2) is 34.7 Å². The Balaban J connectivity index is 1.59. The van der Waals surface area contributed by atoms with E-state index in [1.54, 1.807) is 19.1 Å². The molecule has 1 aromatic carbocycles. The van der Waals surface area contributed by atoms with Crippen LogP contribution in [-0.2, 0) is 16.1 Å². The van der Waals surface area contributed by atoms with E-state index in [1.807, 2.05) is 35.7 Å². The zero-order valence-electron chi connectivity index (χ0n) is 14.7. The van der Waals surface area contributed by atoms with Gasteiger partial charge in [0.05, 0.1) is 17.3 Å². The van der Waals surface area contributed by atoms with Gasteiger partial charge in [0.1, 0.15) is 23.7 Å². The smallest absolute Gasteiger partial charge is 0.341 e. The molecule has 0 N–H and O–H groups in total. The molecule has 7 heteroatoms. The summed E-state index contributed by atoms with van der Waals surface area (Å²) in [6, 6.07) is 9.09. The Kier molecular flexibility index (Phi) is 6.32. The summed E-state index contributed by atoms with van der Waals surface area (Å²) in [7, 11) is 1.31. The van der Waals surface area contributed by atoms with Gasteiger partial charge >= 0.3 is 11.9 Å². The number of ether oxygens (including phenoxy) is 2. The van der Waals surface area contributed by atoms with Crippen LogP contribution in [0.3, 0.4) is 0 Å². The van der Waals surface area contributed by atoms with Crippen molar-refractivity contribution in [3.63, 3.8) is 0 Å². The van der Waals surface area contributed by atoms with Gasteiger partial charge in [-0.1, -0.05) is 12.1 Å². The molecule has 1 aromatic heterocycles. The molecule has 2 heterocycles. The van der Waals surface area contributed by atoms with Gasteiger partial charge in [-0.05, 0) is 48.6 Å². The van der Waals surface area contributed by atoms with Crippen LogP contribution in [0.2, 0.25) is 0 Å². The van der Waals surface area contributed by atoms with Crippen molar-refractivity contribution in [3.8, 4) is 0 Å². The van der Waals surface area contributed by atoms with E-state index in [1.165, 1.54) is 36.7 Å². The zero-order valence-corrected chi connectivity index (χ0v) is 16.3. The van der Waals surface area contributed by atoms with Gasteiger partial charge in [-0.3, -0.25) is 0 Å². The Hall–Kier alpha value is -1.86. The third kappa shape index (κ3) is 4.45. The largest absolute Gasteiger partial charge is 0.465 e. The van der Waals surface area contributed by atoms with Crippen molar-refractivity contribution in [1.29, 1.82) is 0 Å². The van der Waals surface area contributed by atoms with Crippen LogP contribution in [0.1, 0.15) is 48.8 Å². The van der Waals surface area contributed by atoms with Crippen LogP contribution >= 0.6 is 23.5 Å². The molecule has 5 nitrogen and oxygen atoms in total. The summed E-state index contributed by atoms with van der Waals surface area (Å²) in [5.41, 5.74) is 2.06. The van der Waals surface area contributed by atoms with Gasteiger partial charge in [0.25, 0.3) is 0 Å². The molecule has 26 heavy (non-hydrogen) atoms. The second-order valence-electron chi connectivity index (χ2n) is 5.80. The molecule has 1 fully saturated rings. The summed E-state index contributed by atoms with van der Waals surface area (Å²) in [5.74, 6) is 2.31. The van der Waals surface area contributed by atoms with Crippen molar-refractivity contribution in [2.45, 2.75) is 24.5 Å².